The lowest BCUT2D eigenvalue weighted by molar-refractivity contribution is 0.598. The number of aromatic nitrogens is 3. The van der Waals surface area contributed by atoms with Gasteiger partial charge in [0.2, 0.25) is 0 Å². The standard InChI is InChI=1S/C12H14BrN3S/c1-3-11-14-15-12(17)16(11)8(2)9-4-6-10(13)7-5-9/h4-8H,3H2,1-2H3,(H,15,17). The third-order valence-electron chi connectivity index (χ3n) is 2.83. The van der Waals surface area contributed by atoms with Gasteiger partial charge < -0.3 is 0 Å². The van der Waals surface area contributed by atoms with Gasteiger partial charge in [-0.05, 0) is 36.8 Å². The first-order valence-corrected chi connectivity index (χ1v) is 6.75. The first kappa shape index (κ1) is 12.5. The molecular weight excluding hydrogens is 298 g/mol. The van der Waals surface area contributed by atoms with Crippen LogP contribution in [0.25, 0.3) is 0 Å². The third-order valence-corrected chi connectivity index (χ3v) is 3.65. The van der Waals surface area contributed by atoms with Crippen LogP contribution in [0, 0.1) is 4.77 Å². The second-order valence-corrected chi connectivity index (χ2v) is 5.20. The molecule has 0 bridgehead atoms. The lowest BCUT2D eigenvalue weighted by Crippen LogP contribution is -2.10. The zero-order chi connectivity index (χ0) is 12.4. The van der Waals surface area contributed by atoms with Crippen LogP contribution in [0.15, 0.2) is 28.7 Å². The maximum absolute atomic E-state index is 5.28. The van der Waals surface area contributed by atoms with Gasteiger partial charge in [-0.3, -0.25) is 9.67 Å². The highest BCUT2D eigenvalue weighted by Gasteiger charge is 2.13. The van der Waals surface area contributed by atoms with E-state index >= 15 is 0 Å². The SMILES string of the molecule is CCc1n[nH]c(=S)n1C(C)c1ccc(Br)cc1. The second kappa shape index (κ2) is 5.14. The minimum absolute atomic E-state index is 0.198. The summed E-state index contributed by atoms with van der Waals surface area (Å²) in [6.45, 7) is 4.21. The van der Waals surface area contributed by atoms with Gasteiger partial charge in [0.1, 0.15) is 5.82 Å². The molecule has 0 aliphatic heterocycles. The average Bonchev–Trinajstić information content (AvgIpc) is 2.70. The largest absolute Gasteiger partial charge is 0.297 e. The van der Waals surface area contributed by atoms with Crippen molar-refractivity contribution in [2.75, 3.05) is 0 Å². The quantitative estimate of drug-likeness (QED) is 0.873. The normalized spacial score (nSPS) is 12.6. The topological polar surface area (TPSA) is 33.6 Å². The van der Waals surface area contributed by atoms with E-state index in [0.717, 1.165) is 16.7 Å². The van der Waals surface area contributed by atoms with E-state index in [4.69, 9.17) is 12.2 Å². The van der Waals surface area contributed by atoms with E-state index < -0.39 is 0 Å². The van der Waals surface area contributed by atoms with Crippen LogP contribution in [-0.2, 0) is 6.42 Å². The van der Waals surface area contributed by atoms with Crippen LogP contribution in [0.5, 0.6) is 0 Å². The van der Waals surface area contributed by atoms with Gasteiger partial charge in [-0.2, -0.15) is 5.10 Å². The summed E-state index contributed by atoms with van der Waals surface area (Å²) in [4.78, 5) is 0. The van der Waals surface area contributed by atoms with Crippen LogP contribution in [0.1, 0.15) is 31.3 Å². The van der Waals surface area contributed by atoms with Gasteiger partial charge in [0.05, 0.1) is 6.04 Å². The van der Waals surface area contributed by atoms with E-state index in [0.29, 0.717) is 4.77 Å². The Morgan fingerprint density at radius 2 is 2.06 bits per heavy atom. The number of nitrogens with zero attached hydrogens (tertiary/aromatic N) is 2. The molecule has 1 N–H and O–H groups in total. The summed E-state index contributed by atoms with van der Waals surface area (Å²) in [6.07, 6.45) is 0.869. The molecule has 1 aromatic heterocycles. The number of hydrogen-bond acceptors (Lipinski definition) is 2. The molecule has 0 amide bonds. The number of aryl methyl sites for hydroxylation is 1. The minimum Gasteiger partial charge on any atom is -0.297 e. The van der Waals surface area contributed by atoms with Crippen LogP contribution in [0.4, 0.5) is 0 Å². The Bertz CT molecular complexity index is 556. The molecule has 5 heteroatoms. The molecule has 0 aliphatic carbocycles. The summed E-state index contributed by atoms with van der Waals surface area (Å²) in [5.41, 5.74) is 1.22. The molecule has 2 aromatic rings. The lowest BCUT2D eigenvalue weighted by atomic mass is 10.1. The number of benzene rings is 1. The Hall–Kier alpha value is -0.940. The molecule has 0 aliphatic rings. The van der Waals surface area contributed by atoms with E-state index in [-0.39, 0.29) is 6.04 Å². The molecule has 0 radical (unpaired) electrons. The number of H-pyrrole nitrogens is 1. The predicted octanol–water partition coefficient (Wildman–Crippen LogP) is 3.87. The van der Waals surface area contributed by atoms with Crippen molar-refractivity contribution in [3.63, 3.8) is 0 Å². The van der Waals surface area contributed by atoms with E-state index in [9.17, 15) is 0 Å². The zero-order valence-electron chi connectivity index (χ0n) is 9.77. The van der Waals surface area contributed by atoms with Gasteiger partial charge in [0, 0.05) is 10.9 Å². The summed E-state index contributed by atoms with van der Waals surface area (Å²) >= 11 is 8.72. The first-order chi connectivity index (χ1) is 8.13. The number of halogens is 1. The average molecular weight is 312 g/mol. The van der Waals surface area contributed by atoms with Crippen LogP contribution < -0.4 is 0 Å². The molecule has 3 nitrogen and oxygen atoms in total. The van der Waals surface area contributed by atoms with Gasteiger partial charge in [0.25, 0.3) is 0 Å². The second-order valence-electron chi connectivity index (χ2n) is 3.90. The molecule has 0 saturated carbocycles. The lowest BCUT2D eigenvalue weighted by Gasteiger charge is -2.15. The molecule has 0 spiro atoms. The van der Waals surface area contributed by atoms with Crippen molar-refractivity contribution in [2.24, 2.45) is 0 Å². The van der Waals surface area contributed by atoms with Crippen LogP contribution >= 0.6 is 28.1 Å². The summed E-state index contributed by atoms with van der Waals surface area (Å²) in [5.74, 6) is 0.991. The van der Waals surface area contributed by atoms with Crippen molar-refractivity contribution in [3.05, 3.63) is 44.9 Å². The molecule has 1 atom stereocenters. The van der Waals surface area contributed by atoms with Crippen LogP contribution in [0.3, 0.4) is 0 Å². The summed E-state index contributed by atoms with van der Waals surface area (Å²) in [7, 11) is 0. The number of nitrogens with one attached hydrogen (secondary N) is 1. The fourth-order valence-corrected chi connectivity index (χ4v) is 2.45. The molecule has 2 rings (SSSR count). The highest BCUT2D eigenvalue weighted by Crippen LogP contribution is 2.21. The van der Waals surface area contributed by atoms with Gasteiger partial charge >= 0.3 is 0 Å². The smallest absolute Gasteiger partial charge is 0.195 e. The van der Waals surface area contributed by atoms with Gasteiger partial charge in [0.15, 0.2) is 4.77 Å². The van der Waals surface area contributed by atoms with Crippen LogP contribution in [-0.4, -0.2) is 14.8 Å². The predicted molar refractivity (Wildman–Crippen MR) is 74.7 cm³/mol. The number of rotatable bonds is 3. The van der Waals surface area contributed by atoms with E-state index in [1.54, 1.807) is 0 Å². The Labute approximate surface area is 114 Å². The highest BCUT2D eigenvalue weighted by atomic mass is 79.9. The van der Waals surface area contributed by atoms with Crippen molar-refractivity contribution < 1.29 is 0 Å². The number of aromatic amines is 1. The summed E-state index contributed by atoms with van der Waals surface area (Å²) in [5, 5.41) is 7.09. The van der Waals surface area contributed by atoms with E-state index in [1.165, 1.54) is 5.56 Å². The number of hydrogen-bond donors (Lipinski definition) is 1. The zero-order valence-corrected chi connectivity index (χ0v) is 12.2. The summed E-state index contributed by atoms with van der Waals surface area (Å²) in [6, 6.07) is 8.48. The first-order valence-electron chi connectivity index (χ1n) is 5.54. The molecule has 0 fully saturated rings. The Morgan fingerprint density at radius 1 is 1.41 bits per heavy atom. The fraction of sp³-hybridized carbons (Fsp3) is 0.333. The molecule has 17 heavy (non-hydrogen) atoms. The van der Waals surface area contributed by atoms with Gasteiger partial charge in [-0.15, -0.1) is 0 Å². The molecule has 90 valence electrons. The maximum atomic E-state index is 5.28. The van der Waals surface area contributed by atoms with E-state index in [1.807, 2.05) is 12.1 Å². The maximum Gasteiger partial charge on any atom is 0.195 e. The van der Waals surface area contributed by atoms with Crippen LogP contribution in [0.2, 0.25) is 0 Å². The Morgan fingerprint density at radius 3 is 2.65 bits per heavy atom. The third kappa shape index (κ3) is 2.50. The molecule has 0 saturated heterocycles. The van der Waals surface area contributed by atoms with Gasteiger partial charge in [-0.1, -0.05) is 35.0 Å². The van der Waals surface area contributed by atoms with Gasteiger partial charge in [-0.25, -0.2) is 0 Å². The minimum atomic E-state index is 0.198. The molecular formula is C12H14BrN3S. The Balaban J connectivity index is 2.43. The van der Waals surface area contributed by atoms with Crippen molar-refractivity contribution in [1.29, 1.82) is 0 Å². The molecule has 1 heterocycles. The fourth-order valence-electron chi connectivity index (χ4n) is 1.88. The molecule has 1 unspecified atom stereocenters. The van der Waals surface area contributed by atoms with E-state index in [2.05, 4.69) is 56.7 Å². The monoisotopic (exact) mass is 311 g/mol. The Kier molecular flexibility index (Phi) is 3.79. The van der Waals surface area contributed by atoms with Crippen molar-refractivity contribution in [2.45, 2.75) is 26.3 Å². The molecule has 1 aromatic carbocycles. The van der Waals surface area contributed by atoms with Crippen molar-refractivity contribution >= 4 is 28.1 Å². The summed E-state index contributed by atoms with van der Waals surface area (Å²) < 4.78 is 3.83. The van der Waals surface area contributed by atoms with Crippen molar-refractivity contribution in [1.82, 2.24) is 14.8 Å². The van der Waals surface area contributed by atoms with Crippen molar-refractivity contribution in [3.8, 4) is 0 Å². The highest BCUT2D eigenvalue weighted by molar-refractivity contribution is 9.10.